The summed E-state index contributed by atoms with van der Waals surface area (Å²) in [5.74, 6) is 1.47. The molecule has 1 aliphatic carbocycles. The van der Waals surface area contributed by atoms with Gasteiger partial charge in [0.05, 0.1) is 5.60 Å². The van der Waals surface area contributed by atoms with Crippen molar-refractivity contribution in [1.29, 1.82) is 0 Å². The SMILES string of the molecule is CCNCC1(O)CC(C(C)C)C1. The standard InChI is InChI=1S/C10H21NO/c1-4-11-7-10(12)5-9(6-10)8(2)3/h8-9,11-12H,4-7H2,1-3H3. The van der Waals surface area contributed by atoms with Gasteiger partial charge in [0.1, 0.15) is 0 Å². The molecule has 0 aliphatic heterocycles. The van der Waals surface area contributed by atoms with Crippen LogP contribution in [-0.2, 0) is 0 Å². The van der Waals surface area contributed by atoms with Crippen LogP contribution in [0.25, 0.3) is 0 Å². The first-order valence-electron chi connectivity index (χ1n) is 5.00. The molecule has 0 spiro atoms. The third kappa shape index (κ3) is 2.20. The van der Waals surface area contributed by atoms with E-state index in [9.17, 15) is 5.11 Å². The van der Waals surface area contributed by atoms with Gasteiger partial charge in [0.25, 0.3) is 0 Å². The van der Waals surface area contributed by atoms with Crippen LogP contribution in [0.2, 0.25) is 0 Å². The van der Waals surface area contributed by atoms with Crippen molar-refractivity contribution in [2.75, 3.05) is 13.1 Å². The maximum Gasteiger partial charge on any atom is 0.0777 e. The molecule has 0 unspecified atom stereocenters. The Bertz CT molecular complexity index is 139. The number of hydrogen-bond donors (Lipinski definition) is 2. The van der Waals surface area contributed by atoms with Crippen LogP contribution in [0.15, 0.2) is 0 Å². The minimum atomic E-state index is -0.384. The van der Waals surface area contributed by atoms with Gasteiger partial charge < -0.3 is 10.4 Å². The molecule has 72 valence electrons. The Hall–Kier alpha value is -0.0800. The molecular weight excluding hydrogens is 150 g/mol. The zero-order valence-corrected chi connectivity index (χ0v) is 8.43. The molecule has 2 nitrogen and oxygen atoms in total. The second-order valence-corrected chi connectivity index (χ2v) is 4.42. The van der Waals surface area contributed by atoms with Gasteiger partial charge in [0.2, 0.25) is 0 Å². The van der Waals surface area contributed by atoms with Gasteiger partial charge >= 0.3 is 0 Å². The van der Waals surface area contributed by atoms with Crippen LogP contribution in [-0.4, -0.2) is 23.8 Å². The van der Waals surface area contributed by atoms with Gasteiger partial charge in [-0.2, -0.15) is 0 Å². The lowest BCUT2D eigenvalue weighted by Crippen LogP contribution is -2.52. The number of hydrogen-bond acceptors (Lipinski definition) is 2. The summed E-state index contributed by atoms with van der Waals surface area (Å²) in [5, 5.41) is 13.1. The van der Waals surface area contributed by atoms with Crippen LogP contribution in [0.4, 0.5) is 0 Å². The predicted octanol–water partition coefficient (Wildman–Crippen LogP) is 1.39. The van der Waals surface area contributed by atoms with Gasteiger partial charge in [-0.3, -0.25) is 0 Å². The van der Waals surface area contributed by atoms with Crippen molar-refractivity contribution >= 4 is 0 Å². The van der Waals surface area contributed by atoms with Crippen molar-refractivity contribution in [2.45, 2.75) is 39.2 Å². The van der Waals surface area contributed by atoms with E-state index in [0.29, 0.717) is 0 Å². The molecule has 0 aromatic carbocycles. The zero-order chi connectivity index (χ0) is 9.19. The van der Waals surface area contributed by atoms with Gasteiger partial charge in [-0.25, -0.2) is 0 Å². The second-order valence-electron chi connectivity index (χ2n) is 4.42. The molecular formula is C10H21NO. The topological polar surface area (TPSA) is 32.3 Å². The van der Waals surface area contributed by atoms with Crippen LogP contribution < -0.4 is 5.32 Å². The van der Waals surface area contributed by atoms with Crippen LogP contribution in [0, 0.1) is 11.8 Å². The summed E-state index contributed by atoms with van der Waals surface area (Å²) in [5.41, 5.74) is -0.384. The van der Waals surface area contributed by atoms with Crippen molar-refractivity contribution in [2.24, 2.45) is 11.8 Å². The van der Waals surface area contributed by atoms with E-state index in [1.165, 1.54) is 0 Å². The predicted molar refractivity (Wildman–Crippen MR) is 51.1 cm³/mol. The quantitative estimate of drug-likeness (QED) is 0.670. The highest BCUT2D eigenvalue weighted by molar-refractivity contribution is 4.96. The van der Waals surface area contributed by atoms with Gasteiger partial charge in [-0.1, -0.05) is 20.8 Å². The van der Waals surface area contributed by atoms with Gasteiger partial charge in [-0.15, -0.1) is 0 Å². The third-order valence-corrected chi connectivity index (χ3v) is 2.93. The highest BCUT2D eigenvalue weighted by atomic mass is 16.3. The maximum absolute atomic E-state index is 9.90. The summed E-state index contributed by atoms with van der Waals surface area (Å²) in [7, 11) is 0. The van der Waals surface area contributed by atoms with Gasteiger partial charge in [-0.05, 0) is 31.2 Å². The Morgan fingerprint density at radius 3 is 2.50 bits per heavy atom. The van der Waals surface area contributed by atoms with Crippen LogP contribution in [0.1, 0.15) is 33.6 Å². The highest BCUT2D eigenvalue weighted by Gasteiger charge is 2.42. The monoisotopic (exact) mass is 171 g/mol. The van der Waals surface area contributed by atoms with Crippen molar-refractivity contribution in [3.05, 3.63) is 0 Å². The number of rotatable bonds is 4. The number of likely N-dealkylation sites (N-methyl/N-ethyl adjacent to an activating group) is 1. The average molecular weight is 171 g/mol. The van der Waals surface area contributed by atoms with Gasteiger partial charge in [0.15, 0.2) is 0 Å². The first-order valence-corrected chi connectivity index (χ1v) is 5.00. The van der Waals surface area contributed by atoms with Crippen LogP contribution in [0.5, 0.6) is 0 Å². The summed E-state index contributed by atoms with van der Waals surface area (Å²) in [6.45, 7) is 8.26. The summed E-state index contributed by atoms with van der Waals surface area (Å²) in [6.07, 6.45) is 1.97. The lowest BCUT2D eigenvalue weighted by molar-refractivity contribution is -0.0841. The maximum atomic E-state index is 9.90. The molecule has 0 saturated heterocycles. The van der Waals surface area contributed by atoms with E-state index in [0.717, 1.165) is 37.8 Å². The van der Waals surface area contributed by atoms with Crippen molar-refractivity contribution in [1.82, 2.24) is 5.32 Å². The Kier molecular flexibility index (Phi) is 3.13. The molecule has 1 aliphatic rings. The van der Waals surface area contributed by atoms with E-state index in [1.54, 1.807) is 0 Å². The molecule has 0 heterocycles. The zero-order valence-electron chi connectivity index (χ0n) is 8.43. The molecule has 0 aromatic rings. The van der Waals surface area contributed by atoms with Gasteiger partial charge in [0, 0.05) is 6.54 Å². The van der Waals surface area contributed by atoms with E-state index in [-0.39, 0.29) is 5.60 Å². The Balaban J connectivity index is 2.20. The highest BCUT2D eigenvalue weighted by Crippen LogP contribution is 2.41. The van der Waals surface area contributed by atoms with E-state index in [1.807, 2.05) is 0 Å². The lowest BCUT2D eigenvalue weighted by atomic mass is 9.66. The normalized spacial score (nSPS) is 35.2. The van der Waals surface area contributed by atoms with E-state index < -0.39 is 0 Å². The minimum Gasteiger partial charge on any atom is -0.389 e. The number of aliphatic hydroxyl groups is 1. The fourth-order valence-corrected chi connectivity index (χ4v) is 1.89. The minimum absolute atomic E-state index is 0.384. The molecule has 1 rings (SSSR count). The Morgan fingerprint density at radius 1 is 1.50 bits per heavy atom. The van der Waals surface area contributed by atoms with Crippen molar-refractivity contribution in [3.63, 3.8) is 0 Å². The summed E-state index contributed by atoms with van der Waals surface area (Å²) >= 11 is 0. The van der Waals surface area contributed by atoms with E-state index in [4.69, 9.17) is 0 Å². The average Bonchev–Trinajstić information content (AvgIpc) is 1.95. The summed E-state index contributed by atoms with van der Waals surface area (Å²) in [6, 6.07) is 0. The summed E-state index contributed by atoms with van der Waals surface area (Å²) in [4.78, 5) is 0. The fraction of sp³-hybridized carbons (Fsp3) is 1.00. The number of nitrogens with one attached hydrogen (secondary N) is 1. The Morgan fingerprint density at radius 2 is 2.08 bits per heavy atom. The molecule has 0 aromatic heterocycles. The molecule has 0 atom stereocenters. The molecule has 0 bridgehead atoms. The second kappa shape index (κ2) is 3.75. The summed E-state index contributed by atoms with van der Waals surface area (Å²) < 4.78 is 0. The third-order valence-electron chi connectivity index (χ3n) is 2.93. The van der Waals surface area contributed by atoms with E-state index >= 15 is 0 Å². The largest absolute Gasteiger partial charge is 0.389 e. The molecule has 2 N–H and O–H groups in total. The van der Waals surface area contributed by atoms with Crippen molar-refractivity contribution < 1.29 is 5.11 Å². The lowest BCUT2D eigenvalue weighted by Gasteiger charge is -2.45. The van der Waals surface area contributed by atoms with Crippen molar-refractivity contribution in [3.8, 4) is 0 Å². The molecule has 12 heavy (non-hydrogen) atoms. The molecule has 1 saturated carbocycles. The fourth-order valence-electron chi connectivity index (χ4n) is 1.89. The molecule has 0 amide bonds. The van der Waals surface area contributed by atoms with Crippen LogP contribution >= 0.6 is 0 Å². The van der Waals surface area contributed by atoms with E-state index in [2.05, 4.69) is 26.1 Å². The van der Waals surface area contributed by atoms with Crippen LogP contribution in [0.3, 0.4) is 0 Å². The smallest absolute Gasteiger partial charge is 0.0777 e. The molecule has 1 fully saturated rings. The first kappa shape index (κ1) is 10.0. The molecule has 0 radical (unpaired) electrons. The first-order chi connectivity index (χ1) is 5.57. The molecule has 2 heteroatoms. The Labute approximate surface area is 75.4 Å².